The molecule has 0 aliphatic rings. The highest BCUT2D eigenvalue weighted by Gasteiger charge is 2.17. The number of nitrogens with zero attached hydrogens (tertiary/aromatic N) is 2. The summed E-state index contributed by atoms with van der Waals surface area (Å²) in [7, 11) is 0. The lowest BCUT2D eigenvalue weighted by Gasteiger charge is -2.20. The highest BCUT2D eigenvalue weighted by atomic mass is 35.5. The number of carboxylic acid groups (broad SMARTS) is 1. The van der Waals surface area contributed by atoms with Crippen LogP contribution in [0.15, 0.2) is 24.4 Å². The largest absolute Gasteiger partial charge is 0.476 e. The minimum atomic E-state index is -1.24. The Kier molecular flexibility index (Phi) is 4.23. The maximum absolute atomic E-state index is 11.1. The van der Waals surface area contributed by atoms with E-state index in [4.69, 9.17) is 27.2 Å². The van der Waals surface area contributed by atoms with Gasteiger partial charge in [0.1, 0.15) is 5.60 Å². The van der Waals surface area contributed by atoms with Gasteiger partial charge in [-0.1, -0.05) is 11.6 Å². The van der Waals surface area contributed by atoms with Crippen LogP contribution >= 0.6 is 11.6 Å². The third-order valence-electron chi connectivity index (χ3n) is 2.63. The molecule has 0 aliphatic heterocycles. The smallest absolute Gasteiger partial charge is 0.356 e. The SMILES string of the molecule is CC(C)(C)Oc1ccc(-c2cc(N)c(Cl)c(C(=O)O)n2)cn1. The molecule has 0 saturated heterocycles. The van der Waals surface area contributed by atoms with Crippen LogP contribution in [0.2, 0.25) is 5.02 Å². The summed E-state index contributed by atoms with van der Waals surface area (Å²) in [6.45, 7) is 5.76. The van der Waals surface area contributed by atoms with Crippen LogP contribution < -0.4 is 10.5 Å². The van der Waals surface area contributed by atoms with E-state index in [9.17, 15) is 4.79 Å². The van der Waals surface area contributed by atoms with Gasteiger partial charge in [0.15, 0.2) is 5.69 Å². The summed E-state index contributed by atoms with van der Waals surface area (Å²) < 4.78 is 5.63. The fourth-order valence-electron chi connectivity index (χ4n) is 1.74. The number of aromatic nitrogens is 2. The Hall–Kier alpha value is -2.34. The van der Waals surface area contributed by atoms with Crippen molar-refractivity contribution in [2.24, 2.45) is 0 Å². The molecule has 6 nitrogen and oxygen atoms in total. The van der Waals surface area contributed by atoms with Crippen molar-refractivity contribution in [3.8, 4) is 17.1 Å². The summed E-state index contributed by atoms with van der Waals surface area (Å²) in [6, 6.07) is 4.93. The second kappa shape index (κ2) is 5.81. The lowest BCUT2D eigenvalue weighted by atomic mass is 10.1. The Bertz CT molecular complexity index is 709. The minimum Gasteiger partial charge on any atom is -0.476 e. The maximum atomic E-state index is 11.1. The molecule has 0 saturated carbocycles. The first-order valence-corrected chi connectivity index (χ1v) is 6.90. The summed E-state index contributed by atoms with van der Waals surface area (Å²) in [5, 5.41) is 9.02. The zero-order valence-corrected chi connectivity index (χ0v) is 13.2. The molecule has 0 aromatic carbocycles. The number of nitrogens with two attached hydrogens (primary N) is 1. The molecule has 2 rings (SSSR count). The van der Waals surface area contributed by atoms with Crippen LogP contribution in [0.5, 0.6) is 5.88 Å². The van der Waals surface area contributed by atoms with E-state index in [1.807, 2.05) is 20.8 Å². The van der Waals surface area contributed by atoms with Gasteiger partial charge in [0.05, 0.1) is 16.4 Å². The Morgan fingerprint density at radius 1 is 1.36 bits per heavy atom. The summed E-state index contributed by atoms with van der Waals surface area (Å²) in [4.78, 5) is 19.3. The number of carbonyl (C=O) groups is 1. The van der Waals surface area contributed by atoms with Crippen molar-refractivity contribution in [3.05, 3.63) is 35.1 Å². The number of hydrogen-bond donors (Lipinski definition) is 2. The third kappa shape index (κ3) is 3.65. The molecule has 0 bridgehead atoms. The molecule has 2 heterocycles. The fourth-order valence-corrected chi connectivity index (χ4v) is 1.92. The van der Waals surface area contributed by atoms with E-state index in [0.717, 1.165) is 0 Å². The molecular formula is C15H16ClN3O3. The Labute approximate surface area is 132 Å². The molecular weight excluding hydrogens is 306 g/mol. The van der Waals surface area contributed by atoms with Gasteiger partial charge in [-0.2, -0.15) is 0 Å². The van der Waals surface area contributed by atoms with Crippen LogP contribution in [0.4, 0.5) is 5.69 Å². The van der Waals surface area contributed by atoms with Gasteiger partial charge in [-0.05, 0) is 32.9 Å². The van der Waals surface area contributed by atoms with Crippen LogP contribution in [0.1, 0.15) is 31.3 Å². The summed E-state index contributed by atoms with van der Waals surface area (Å²) in [6.07, 6.45) is 1.54. The number of pyridine rings is 2. The lowest BCUT2D eigenvalue weighted by Crippen LogP contribution is -2.23. The highest BCUT2D eigenvalue weighted by Crippen LogP contribution is 2.28. The Morgan fingerprint density at radius 2 is 2.05 bits per heavy atom. The van der Waals surface area contributed by atoms with Crippen LogP contribution in [-0.2, 0) is 0 Å². The monoisotopic (exact) mass is 321 g/mol. The van der Waals surface area contributed by atoms with E-state index >= 15 is 0 Å². The number of halogens is 1. The van der Waals surface area contributed by atoms with Crippen LogP contribution in [-0.4, -0.2) is 26.6 Å². The van der Waals surface area contributed by atoms with E-state index < -0.39 is 5.97 Å². The molecule has 7 heteroatoms. The number of ether oxygens (including phenoxy) is 1. The molecule has 0 amide bonds. The van der Waals surface area contributed by atoms with Crippen molar-refractivity contribution in [2.45, 2.75) is 26.4 Å². The summed E-state index contributed by atoms with van der Waals surface area (Å²) in [5.74, 6) is -0.768. The topological polar surface area (TPSA) is 98.3 Å². The van der Waals surface area contributed by atoms with Crippen LogP contribution in [0.25, 0.3) is 11.3 Å². The number of anilines is 1. The summed E-state index contributed by atoms with van der Waals surface area (Å²) in [5.41, 5.74) is 6.24. The van der Waals surface area contributed by atoms with E-state index in [2.05, 4.69) is 9.97 Å². The normalized spacial score (nSPS) is 11.3. The molecule has 0 spiro atoms. The zero-order chi connectivity index (χ0) is 16.5. The van der Waals surface area contributed by atoms with Gasteiger partial charge < -0.3 is 15.6 Å². The van der Waals surface area contributed by atoms with Crippen LogP contribution in [0.3, 0.4) is 0 Å². The predicted octanol–water partition coefficient (Wildman–Crippen LogP) is 3.25. The lowest BCUT2D eigenvalue weighted by molar-refractivity contribution is 0.0691. The van der Waals surface area contributed by atoms with E-state index in [-0.39, 0.29) is 22.0 Å². The van der Waals surface area contributed by atoms with Gasteiger partial charge in [0.25, 0.3) is 0 Å². The molecule has 0 radical (unpaired) electrons. The van der Waals surface area contributed by atoms with Gasteiger partial charge in [0.2, 0.25) is 5.88 Å². The minimum absolute atomic E-state index is 0.0723. The highest BCUT2D eigenvalue weighted by molar-refractivity contribution is 6.35. The first-order valence-electron chi connectivity index (χ1n) is 6.52. The first kappa shape index (κ1) is 16.0. The second-order valence-electron chi connectivity index (χ2n) is 5.66. The van der Waals surface area contributed by atoms with Crippen molar-refractivity contribution in [1.82, 2.24) is 9.97 Å². The van der Waals surface area contributed by atoms with Gasteiger partial charge in [-0.15, -0.1) is 0 Å². The van der Waals surface area contributed by atoms with Gasteiger partial charge in [-0.25, -0.2) is 14.8 Å². The Morgan fingerprint density at radius 3 is 2.55 bits per heavy atom. The maximum Gasteiger partial charge on any atom is 0.356 e. The van der Waals surface area contributed by atoms with Crippen molar-refractivity contribution in [1.29, 1.82) is 0 Å². The molecule has 116 valence electrons. The first-order chi connectivity index (χ1) is 10.2. The average Bonchev–Trinajstić information content (AvgIpc) is 2.40. The van der Waals surface area contributed by atoms with Crippen molar-refractivity contribution < 1.29 is 14.6 Å². The molecule has 0 unspecified atom stereocenters. The fraction of sp³-hybridized carbons (Fsp3) is 0.267. The van der Waals surface area contributed by atoms with Gasteiger partial charge in [0, 0.05) is 17.8 Å². The number of carboxylic acids is 1. The molecule has 0 atom stereocenters. The third-order valence-corrected chi connectivity index (χ3v) is 3.03. The number of hydrogen-bond acceptors (Lipinski definition) is 5. The number of nitrogen functional groups attached to an aromatic ring is 1. The van der Waals surface area contributed by atoms with Gasteiger partial charge >= 0.3 is 5.97 Å². The molecule has 22 heavy (non-hydrogen) atoms. The molecule has 0 aliphatic carbocycles. The Balaban J connectivity index is 2.38. The van der Waals surface area contributed by atoms with E-state index in [1.54, 1.807) is 18.3 Å². The molecule has 2 aromatic heterocycles. The number of aromatic carboxylic acids is 1. The van der Waals surface area contributed by atoms with Crippen LogP contribution in [0, 0.1) is 0 Å². The zero-order valence-electron chi connectivity index (χ0n) is 12.4. The quantitative estimate of drug-likeness (QED) is 0.900. The summed E-state index contributed by atoms with van der Waals surface area (Å²) >= 11 is 5.84. The molecule has 0 fully saturated rings. The standard InChI is InChI=1S/C15H16ClN3O3/c1-15(2,3)22-11-5-4-8(7-18-11)10-6-9(17)12(16)13(19-10)14(20)21/h4-7H,1-3H3,(H2,17,19)(H,20,21). The van der Waals surface area contributed by atoms with Crippen molar-refractivity contribution in [3.63, 3.8) is 0 Å². The van der Waals surface area contributed by atoms with Crippen molar-refractivity contribution >= 4 is 23.3 Å². The van der Waals surface area contributed by atoms with Crippen molar-refractivity contribution in [2.75, 3.05) is 5.73 Å². The van der Waals surface area contributed by atoms with Gasteiger partial charge in [-0.3, -0.25) is 0 Å². The van der Waals surface area contributed by atoms with E-state index in [1.165, 1.54) is 6.07 Å². The molecule has 3 N–H and O–H groups in total. The van der Waals surface area contributed by atoms with E-state index in [0.29, 0.717) is 17.1 Å². The number of rotatable bonds is 3. The second-order valence-corrected chi connectivity index (χ2v) is 6.04. The average molecular weight is 322 g/mol. The predicted molar refractivity (Wildman–Crippen MR) is 84.2 cm³/mol. The molecule has 2 aromatic rings.